The molecule has 0 aliphatic carbocycles. The molecule has 0 amide bonds. The van der Waals surface area contributed by atoms with Crippen molar-refractivity contribution in [1.82, 2.24) is 8.75 Å². The Morgan fingerprint density at radius 2 is 2.56 bits per heavy atom. The zero-order valence-electron chi connectivity index (χ0n) is 11.2. The van der Waals surface area contributed by atoms with Crippen LogP contribution in [0.1, 0.15) is 34.9 Å². The maximum atomic E-state index is 7.72. The van der Waals surface area contributed by atoms with Crippen LogP contribution in [0, 0.1) is 0 Å². The van der Waals surface area contributed by atoms with E-state index in [0.717, 1.165) is 0 Å². The Labute approximate surface area is 73.0 Å². The highest BCUT2D eigenvalue weighted by Crippen LogP contribution is 2.20. The fourth-order valence-corrected chi connectivity index (χ4v) is 1.06. The summed E-state index contributed by atoms with van der Waals surface area (Å²) in [7, 11) is 0. The molecule has 0 aliphatic rings. The van der Waals surface area contributed by atoms with E-state index in [2.05, 4.69) is 8.75 Å². The van der Waals surface area contributed by atoms with Crippen molar-refractivity contribution in [3.05, 3.63) is 10.8 Å². The smallest absolute Gasteiger partial charge is 0.166 e. The highest BCUT2D eigenvalue weighted by atomic mass is 35.5. The molecule has 0 spiro atoms. The average molecular weight is 170 g/mol. The fourth-order valence-electron chi connectivity index (χ4n) is 0.327. The Kier molecular flexibility index (Phi) is 0.633. The number of hydrogen-bond acceptors (Lipinski definition) is 3. The van der Waals surface area contributed by atoms with Crippen molar-refractivity contribution in [2.45, 2.75) is 19.6 Å². The Hall–Kier alpha value is -0.150. The summed E-state index contributed by atoms with van der Waals surface area (Å²) in [5.41, 5.74) is -0.529. The van der Waals surface area contributed by atoms with Gasteiger partial charge < -0.3 is 0 Å². The zero-order valence-corrected chi connectivity index (χ0v) is 5.75. The normalized spacial score (nSPS) is 26.1. The van der Waals surface area contributed by atoms with Crippen LogP contribution in [-0.4, -0.2) is 8.75 Å². The Morgan fingerprint density at radius 1 is 1.78 bits per heavy atom. The molecule has 1 aromatic heterocycles. The third-order valence-corrected chi connectivity index (χ3v) is 1.58. The van der Waals surface area contributed by atoms with E-state index in [1.807, 2.05) is 0 Å². The lowest BCUT2D eigenvalue weighted by molar-refractivity contribution is 0.838. The molecule has 0 unspecified atom stereocenters. The van der Waals surface area contributed by atoms with Crippen LogP contribution in [0.4, 0.5) is 0 Å². The molecule has 1 rings (SSSR count). The molecule has 0 saturated heterocycles. The van der Waals surface area contributed by atoms with Crippen LogP contribution in [0.25, 0.3) is 0 Å². The van der Waals surface area contributed by atoms with Crippen LogP contribution in [0.2, 0.25) is 5.15 Å². The summed E-state index contributed by atoms with van der Waals surface area (Å²) in [6.45, 7) is -6.14. The van der Waals surface area contributed by atoms with Crippen molar-refractivity contribution < 1.29 is 9.60 Å². The minimum atomic E-state index is -3.07. The summed E-state index contributed by atoms with van der Waals surface area (Å²) < 4.78 is 57.8. The lowest BCUT2D eigenvalue weighted by Gasteiger charge is -1.95. The predicted molar refractivity (Wildman–Crippen MR) is 39.0 cm³/mol. The zero-order chi connectivity index (χ0) is 12.8. The SMILES string of the molecule is [2H]C([2H])([2H])C([2H])(c1nsnc1Cl)C([2H])([2H])[2H]. The van der Waals surface area contributed by atoms with E-state index in [9.17, 15) is 0 Å². The Balaban J connectivity index is 3.45. The van der Waals surface area contributed by atoms with Crippen molar-refractivity contribution in [2.75, 3.05) is 0 Å². The predicted octanol–water partition coefficient (Wildman–Crippen LogP) is 2.31. The summed E-state index contributed by atoms with van der Waals surface area (Å²) in [5.74, 6) is -2.86. The van der Waals surface area contributed by atoms with E-state index in [4.69, 9.17) is 21.2 Å². The lowest BCUT2D eigenvalue weighted by atomic mass is 10.2. The largest absolute Gasteiger partial charge is 0.176 e. The Bertz CT molecular complexity index is 369. The number of halogens is 1. The molecule has 0 fully saturated rings. The van der Waals surface area contributed by atoms with Gasteiger partial charge in [0.25, 0.3) is 0 Å². The molecule has 1 heterocycles. The van der Waals surface area contributed by atoms with Gasteiger partial charge >= 0.3 is 0 Å². The van der Waals surface area contributed by atoms with Crippen molar-refractivity contribution in [3.8, 4) is 0 Å². The first-order valence-corrected chi connectivity index (χ1v) is 3.11. The fraction of sp³-hybridized carbons (Fsp3) is 0.600. The molecule has 0 aromatic carbocycles. The molecular formula is C5H7ClN2S. The van der Waals surface area contributed by atoms with Crippen molar-refractivity contribution in [3.63, 3.8) is 0 Å². The minimum absolute atomic E-state index is 0.354. The van der Waals surface area contributed by atoms with Gasteiger partial charge in [-0.1, -0.05) is 25.3 Å². The average Bonchev–Trinajstić information content (AvgIpc) is 2.46. The van der Waals surface area contributed by atoms with Crippen molar-refractivity contribution in [1.29, 1.82) is 0 Å². The minimum Gasteiger partial charge on any atom is -0.176 e. The van der Waals surface area contributed by atoms with Crippen LogP contribution in [-0.2, 0) is 0 Å². The van der Waals surface area contributed by atoms with Gasteiger partial charge in [0, 0.05) is 9.60 Å². The summed E-state index contributed by atoms with van der Waals surface area (Å²) in [6.07, 6.45) is 0. The number of rotatable bonds is 1. The van der Waals surface area contributed by atoms with Gasteiger partial charge in [-0.3, -0.25) is 0 Å². The van der Waals surface area contributed by atoms with Crippen LogP contribution in [0.3, 0.4) is 0 Å². The third-order valence-electron chi connectivity index (χ3n) is 0.685. The third kappa shape index (κ3) is 1.40. The van der Waals surface area contributed by atoms with E-state index >= 15 is 0 Å². The molecule has 2 nitrogen and oxygen atoms in total. The summed E-state index contributed by atoms with van der Waals surface area (Å²) >= 11 is 6.13. The standard InChI is InChI=1S/C5H7ClN2S/c1-3(2)4-5(6)8-9-7-4/h3H,1-2H3/i1D3,2D3,3D. The van der Waals surface area contributed by atoms with Gasteiger partial charge in [-0.05, 0) is 5.89 Å². The van der Waals surface area contributed by atoms with E-state index in [0.29, 0.717) is 11.7 Å². The van der Waals surface area contributed by atoms with Gasteiger partial charge in [0.1, 0.15) is 0 Å². The van der Waals surface area contributed by atoms with Crippen LogP contribution >= 0.6 is 23.3 Å². The topological polar surface area (TPSA) is 25.8 Å². The quantitative estimate of drug-likeness (QED) is 0.645. The summed E-state index contributed by atoms with van der Waals surface area (Å²) in [5, 5.41) is -0.354. The first kappa shape index (κ1) is 2.17. The second-order valence-electron chi connectivity index (χ2n) is 1.28. The van der Waals surface area contributed by atoms with Gasteiger partial charge in [-0.2, -0.15) is 8.75 Å². The van der Waals surface area contributed by atoms with Crippen molar-refractivity contribution in [2.24, 2.45) is 0 Å². The molecular weight excluding hydrogens is 156 g/mol. The maximum absolute atomic E-state index is 7.72. The number of aromatic nitrogens is 2. The van der Waals surface area contributed by atoms with Crippen LogP contribution < -0.4 is 0 Å². The monoisotopic (exact) mass is 169 g/mol. The van der Waals surface area contributed by atoms with Gasteiger partial charge in [-0.25, -0.2) is 0 Å². The van der Waals surface area contributed by atoms with Gasteiger partial charge in [0.05, 0.1) is 17.4 Å². The highest BCUT2D eigenvalue weighted by molar-refractivity contribution is 6.99. The molecule has 50 valence electrons. The van der Waals surface area contributed by atoms with E-state index < -0.39 is 25.3 Å². The highest BCUT2D eigenvalue weighted by Gasteiger charge is 2.07. The molecule has 9 heavy (non-hydrogen) atoms. The van der Waals surface area contributed by atoms with Crippen LogP contribution in [0.15, 0.2) is 0 Å². The molecule has 0 atom stereocenters. The maximum Gasteiger partial charge on any atom is 0.166 e. The van der Waals surface area contributed by atoms with Gasteiger partial charge in [0.2, 0.25) is 0 Å². The van der Waals surface area contributed by atoms with E-state index in [1.54, 1.807) is 0 Å². The molecule has 4 heteroatoms. The number of hydrogen-bond donors (Lipinski definition) is 0. The number of nitrogens with zero attached hydrogens (tertiary/aromatic N) is 2. The second kappa shape index (κ2) is 2.62. The van der Waals surface area contributed by atoms with Crippen molar-refractivity contribution >= 4 is 23.3 Å². The summed E-state index contributed by atoms with van der Waals surface area (Å²) in [6, 6.07) is 0. The first-order valence-electron chi connectivity index (χ1n) is 5.50. The second-order valence-corrected chi connectivity index (χ2v) is 2.17. The summed E-state index contributed by atoms with van der Waals surface area (Å²) in [4.78, 5) is 0. The van der Waals surface area contributed by atoms with Crippen LogP contribution in [0.5, 0.6) is 0 Å². The molecule has 0 bridgehead atoms. The Morgan fingerprint density at radius 3 is 3.00 bits per heavy atom. The molecule has 1 aromatic rings. The molecule has 0 N–H and O–H groups in total. The molecule has 0 radical (unpaired) electrons. The van der Waals surface area contributed by atoms with E-state index in [-0.39, 0.29) is 5.15 Å². The van der Waals surface area contributed by atoms with Gasteiger partial charge in [0.15, 0.2) is 5.15 Å². The first-order chi connectivity index (χ1) is 7.02. The molecule has 0 aliphatic heterocycles. The van der Waals surface area contributed by atoms with E-state index in [1.165, 1.54) is 0 Å². The lowest BCUT2D eigenvalue weighted by Crippen LogP contribution is -1.86. The molecule has 0 saturated carbocycles. The van der Waals surface area contributed by atoms with Gasteiger partial charge in [-0.15, -0.1) is 0 Å².